The van der Waals surface area contributed by atoms with Crippen LogP contribution in [0.3, 0.4) is 0 Å². The standard InChI is InChI=1S/C72H109F3N8O14/c1-15-46(8)65(58(95-13)41-62(89)82-37-23-27-54(82)67(96-14)48(10)55(84)38-47(9)66(90)50-24-18-16-19-25-50)80(11)69(92)53(43(2)3)40-57(86)64(45(6)7)81(12)71(94)97-42-49-29-31-52(32-30-49)78-68(91)51(26-22-35-77-70(76)93)39-56(85)63(44(4)5)79-59(72(73,74)75)28-20-17-21-36-83-60(87)33-34-61(83)88/h16,18-19,24-25,29-34,43-48,51,53-54,58-59,63-67,79,90H,15,17,20-23,26-28,35-42H2,1-14H3,(H,78,91)(H3,76,77,93)/t46-,47-,48-,51+,53-,54-,58+,59-,63-,64-,65-,66+,67+/m0/s1. The predicted octanol–water partition coefficient (Wildman–Crippen LogP) is 9.75. The average Bonchev–Trinajstić information content (AvgIpc) is 1.80. The molecule has 0 bridgehead atoms. The van der Waals surface area contributed by atoms with Crippen LogP contribution in [0.2, 0.25) is 0 Å². The molecule has 2 aliphatic heterocycles. The summed E-state index contributed by atoms with van der Waals surface area (Å²) in [5.41, 5.74) is 6.75. The molecule has 0 spiro atoms. The molecule has 2 heterocycles. The van der Waals surface area contributed by atoms with Gasteiger partial charge in [-0.2, -0.15) is 13.2 Å². The number of likely N-dealkylation sites (N-methyl/N-ethyl adjacent to an activating group) is 2. The van der Waals surface area contributed by atoms with Gasteiger partial charge in [0.25, 0.3) is 11.8 Å². The largest absolute Gasteiger partial charge is 0.445 e. The fourth-order valence-corrected chi connectivity index (χ4v) is 13.4. The Labute approximate surface area is 571 Å². The maximum absolute atomic E-state index is 14.9. The third-order valence-corrected chi connectivity index (χ3v) is 19.3. The number of amides is 8. The van der Waals surface area contributed by atoms with Crippen LogP contribution in [-0.2, 0) is 59.2 Å². The Morgan fingerprint density at radius 3 is 1.93 bits per heavy atom. The Balaban J connectivity index is 1.40. The molecular weight excluding hydrogens is 1260 g/mol. The zero-order chi connectivity index (χ0) is 72.6. The van der Waals surface area contributed by atoms with Gasteiger partial charge >= 0.3 is 18.3 Å². The van der Waals surface area contributed by atoms with Crippen LogP contribution in [0, 0.1) is 47.3 Å². The number of rotatable bonds is 42. The number of likely N-dealkylation sites (tertiary alicyclic amines) is 1. The molecule has 22 nitrogen and oxygen atoms in total. The lowest BCUT2D eigenvalue weighted by molar-refractivity contribution is -0.161. The Morgan fingerprint density at radius 1 is 0.732 bits per heavy atom. The number of ketones is 3. The van der Waals surface area contributed by atoms with E-state index in [0.29, 0.717) is 43.5 Å². The van der Waals surface area contributed by atoms with E-state index in [2.05, 4.69) is 16.0 Å². The quantitative estimate of drug-likeness (QED) is 0.0305. The Morgan fingerprint density at radius 2 is 1.37 bits per heavy atom. The van der Waals surface area contributed by atoms with Crippen LogP contribution in [0.15, 0.2) is 66.7 Å². The molecule has 0 saturated carbocycles. The molecule has 1 fully saturated rings. The second kappa shape index (κ2) is 39.5. The average molecular weight is 1370 g/mol. The summed E-state index contributed by atoms with van der Waals surface area (Å²) in [6, 6.07) is 9.28. The van der Waals surface area contributed by atoms with Gasteiger partial charge < -0.3 is 50.4 Å². The van der Waals surface area contributed by atoms with Crippen molar-refractivity contribution in [1.29, 1.82) is 0 Å². The number of carbonyl (C=O) groups is 10. The molecule has 0 aromatic heterocycles. The topological polar surface area (TPSA) is 294 Å². The molecule has 97 heavy (non-hydrogen) atoms. The summed E-state index contributed by atoms with van der Waals surface area (Å²) >= 11 is 0. The summed E-state index contributed by atoms with van der Waals surface area (Å²) in [4.78, 5) is 140. The van der Waals surface area contributed by atoms with E-state index in [9.17, 15) is 66.2 Å². The molecule has 2 aromatic rings. The molecule has 2 aliphatic rings. The van der Waals surface area contributed by atoms with Crippen LogP contribution >= 0.6 is 0 Å². The number of aliphatic hydroxyl groups excluding tert-OH is 1. The molecule has 4 rings (SSSR count). The number of anilines is 1. The van der Waals surface area contributed by atoms with Crippen molar-refractivity contribution in [2.45, 2.75) is 214 Å². The molecule has 1 saturated heterocycles. The number of carbonyl (C=O) groups excluding carboxylic acids is 10. The first-order valence-electron chi connectivity index (χ1n) is 34.3. The number of nitrogens with two attached hydrogens (primary N) is 1. The molecule has 13 atom stereocenters. The third kappa shape index (κ3) is 24.4. The van der Waals surface area contributed by atoms with Crippen molar-refractivity contribution < 1.29 is 80.4 Å². The molecule has 0 unspecified atom stereocenters. The van der Waals surface area contributed by atoms with Crippen molar-refractivity contribution in [3.8, 4) is 0 Å². The van der Waals surface area contributed by atoms with E-state index in [1.807, 2.05) is 65.0 Å². The smallest absolute Gasteiger partial charge is 0.410 e. The van der Waals surface area contributed by atoms with Crippen molar-refractivity contribution >= 4 is 64.7 Å². The second-order valence-corrected chi connectivity index (χ2v) is 27.4. The van der Waals surface area contributed by atoms with E-state index < -0.39 is 126 Å². The third-order valence-electron chi connectivity index (χ3n) is 19.3. The van der Waals surface area contributed by atoms with Gasteiger partial charge in [-0.3, -0.25) is 48.6 Å². The van der Waals surface area contributed by atoms with Crippen molar-refractivity contribution in [3.63, 3.8) is 0 Å². The normalized spacial score (nSPS) is 18.0. The fourth-order valence-electron chi connectivity index (χ4n) is 13.4. The number of urea groups is 1. The van der Waals surface area contributed by atoms with Crippen LogP contribution in [0.1, 0.15) is 170 Å². The summed E-state index contributed by atoms with van der Waals surface area (Å²) in [7, 11) is 6.16. The summed E-state index contributed by atoms with van der Waals surface area (Å²) in [6.45, 7) is 18.4. The number of unbranched alkanes of at least 4 members (excludes halogenated alkanes) is 2. The molecule has 25 heteroatoms. The zero-order valence-electron chi connectivity index (χ0n) is 59.4. The number of hydrogen-bond acceptors (Lipinski definition) is 15. The number of nitrogens with zero attached hydrogens (tertiary/aromatic N) is 4. The number of primary amides is 1. The van der Waals surface area contributed by atoms with Gasteiger partial charge in [-0.1, -0.05) is 131 Å². The number of benzene rings is 2. The number of ether oxygens (including phenoxy) is 3. The minimum Gasteiger partial charge on any atom is -0.445 e. The van der Waals surface area contributed by atoms with Gasteiger partial charge in [0.1, 0.15) is 18.4 Å². The summed E-state index contributed by atoms with van der Waals surface area (Å²) in [5, 5.41) is 18.8. The number of Topliss-reactive ketones (excluding diaryl/α,β-unsaturated/α-hetero) is 3. The minimum atomic E-state index is -4.73. The van der Waals surface area contributed by atoms with E-state index in [0.717, 1.165) is 22.6 Å². The number of nitrogens with one attached hydrogen (secondary N) is 3. The molecule has 2 aromatic carbocycles. The Bertz CT molecular complexity index is 2930. The first kappa shape index (κ1) is 82.3. The summed E-state index contributed by atoms with van der Waals surface area (Å²) in [5.74, 6) is -7.50. The van der Waals surface area contributed by atoms with Crippen molar-refractivity contribution in [2.75, 3.05) is 53.3 Å². The Kier molecular flexibility index (Phi) is 33.5. The minimum absolute atomic E-state index is 0.0568. The number of hydrogen-bond donors (Lipinski definition) is 5. The van der Waals surface area contributed by atoms with Crippen LogP contribution < -0.4 is 21.7 Å². The molecular formula is C72H109F3N8O14. The predicted molar refractivity (Wildman–Crippen MR) is 362 cm³/mol. The van der Waals surface area contributed by atoms with Gasteiger partial charge in [0.05, 0.1) is 48.9 Å². The van der Waals surface area contributed by atoms with Crippen LogP contribution in [0.25, 0.3) is 0 Å². The molecule has 8 amide bonds. The van der Waals surface area contributed by atoms with Gasteiger partial charge in [0.15, 0.2) is 11.6 Å². The van der Waals surface area contributed by atoms with E-state index in [4.69, 9.17) is 19.9 Å². The number of halogens is 3. The van der Waals surface area contributed by atoms with Crippen LogP contribution in [-0.4, -0.2) is 180 Å². The number of imide groups is 1. The van der Waals surface area contributed by atoms with Gasteiger partial charge in [0.2, 0.25) is 17.7 Å². The van der Waals surface area contributed by atoms with Crippen molar-refractivity contribution in [1.82, 2.24) is 30.2 Å². The van der Waals surface area contributed by atoms with E-state index in [1.165, 1.54) is 38.3 Å². The van der Waals surface area contributed by atoms with Crippen molar-refractivity contribution in [3.05, 3.63) is 77.9 Å². The highest BCUT2D eigenvalue weighted by Gasteiger charge is 2.45. The molecule has 6 N–H and O–H groups in total. The summed E-state index contributed by atoms with van der Waals surface area (Å²) < 4.78 is 61.2. The maximum atomic E-state index is 14.9. The highest BCUT2D eigenvalue weighted by atomic mass is 19.4. The lowest BCUT2D eigenvalue weighted by Crippen LogP contribution is -2.54. The molecule has 0 radical (unpaired) electrons. The van der Waals surface area contributed by atoms with E-state index in [-0.39, 0.29) is 112 Å². The maximum Gasteiger partial charge on any atom is 0.410 e. The van der Waals surface area contributed by atoms with Crippen LogP contribution in [0.5, 0.6) is 0 Å². The zero-order valence-corrected chi connectivity index (χ0v) is 59.4. The number of aliphatic hydroxyl groups is 1. The fraction of sp³-hybridized carbons (Fsp3) is 0.667. The Hall–Kier alpha value is -7.09. The van der Waals surface area contributed by atoms with E-state index >= 15 is 0 Å². The first-order valence-corrected chi connectivity index (χ1v) is 34.3. The first-order chi connectivity index (χ1) is 45.7. The van der Waals surface area contributed by atoms with Crippen LogP contribution in [0.4, 0.5) is 28.4 Å². The SMILES string of the molecule is CC[C@H](C)[C@@H]([C@@H](CC(=O)N1CCC[C@H]1[C@H](OC)[C@@H](C)C(=O)C[C@H](C)[C@@H](O)c1ccccc1)OC)N(C)C(=O)[C@@H](CC(=O)[C@H](C(C)C)N(C)C(=O)OCc1ccc(NC(=O)[C@H](CCCNC(N)=O)CC(=O)[C@@H](N[C@@H](CCCCCN2C(=O)C=CC2=O)C(F)(F)F)C(C)C)cc1)C(C)C. The highest BCUT2D eigenvalue weighted by Crippen LogP contribution is 2.34. The number of methoxy groups -OCH3 is 2. The molecule has 0 aliphatic carbocycles. The number of alkyl halides is 3. The lowest BCUT2D eigenvalue weighted by atomic mass is 9.83. The van der Waals surface area contributed by atoms with Crippen molar-refractivity contribution in [2.24, 2.45) is 53.1 Å². The highest BCUT2D eigenvalue weighted by molar-refractivity contribution is 6.12. The van der Waals surface area contributed by atoms with E-state index in [1.54, 1.807) is 63.6 Å². The summed E-state index contributed by atoms with van der Waals surface area (Å²) in [6.07, 6.45) is -3.60. The monoisotopic (exact) mass is 1370 g/mol. The van der Waals surface area contributed by atoms with Gasteiger partial charge in [-0.15, -0.1) is 0 Å². The molecule has 542 valence electrons. The van der Waals surface area contributed by atoms with Gasteiger partial charge in [-0.05, 0) is 91.4 Å². The second-order valence-electron chi connectivity index (χ2n) is 27.4. The van der Waals surface area contributed by atoms with Gasteiger partial charge in [-0.25, -0.2) is 9.59 Å². The lowest BCUT2D eigenvalue weighted by Gasteiger charge is -2.41. The van der Waals surface area contributed by atoms with Gasteiger partial charge in [0, 0.05) is 103 Å².